The molecule has 0 N–H and O–H groups in total. The van der Waals surface area contributed by atoms with Gasteiger partial charge < -0.3 is 9.13 Å². The highest BCUT2D eigenvalue weighted by Crippen LogP contribution is 2.20. The summed E-state index contributed by atoms with van der Waals surface area (Å²) >= 11 is 0. The van der Waals surface area contributed by atoms with E-state index in [9.17, 15) is 0 Å². The zero-order chi connectivity index (χ0) is 12.5. The summed E-state index contributed by atoms with van der Waals surface area (Å²) in [6.07, 6.45) is 7.26. The van der Waals surface area contributed by atoms with Crippen LogP contribution in [0, 0.1) is 0 Å². The highest BCUT2D eigenvalue weighted by Gasteiger charge is 2.08. The van der Waals surface area contributed by atoms with E-state index >= 15 is 0 Å². The summed E-state index contributed by atoms with van der Waals surface area (Å²) in [6.45, 7) is 0. The molecule has 0 aliphatic rings. The van der Waals surface area contributed by atoms with Crippen LogP contribution in [0.15, 0.2) is 43.1 Å². The van der Waals surface area contributed by atoms with Gasteiger partial charge in [0.15, 0.2) is 5.82 Å². The number of imidazole rings is 2. The van der Waals surface area contributed by atoms with Gasteiger partial charge in [-0.1, -0.05) is 6.07 Å². The van der Waals surface area contributed by atoms with Crippen LogP contribution in [-0.2, 0) is 14.1 Å². The van der Waals surface area contributed by atoms with Crippen LogP contribution in [-0.4, -0.2) is 24.1 Å². The number of rotatable bonds is 2. The Hall–Kier alpha value is -2.43. The van der Waals surface area contributed by atoms with Crippen molar-refractivity contribution < 1.29 is 0 Å². The van der Waals surface area contributed by atoms with Crippen LogP contribution in [0.1, 0.15) is 0 Å². The van der Waals surface area contributed by atoms with Gasteiger partial charge in [-0.25, -0.2) is 15.0 Å². The molecule has 5 nitrogen and oxygen atoms in total. The molecule has 90 valence electrons. The first-order valence-electron chi connectivity index (χ1n) is 5.67. The Kier molecular flexibility index (Phi) is 2.44. The van der Waals surface area contributed by atoms with Crippen LogP contribution in [0.2, 0.25) is 0 Å². The summed E-state index contributed by atoms with van der Waals surface area (Å²) in [7, 11) is 3.91. The van der Waals surface area contributed by atoms with Gasteiger partial charge in [0.25, 0.3) is 0 Å². The molecule has 0 aliphatic carbocycles. The van der Waals surface area contributed by atoms with E-state index in [2.05, 4.69) is 15.0 Å². The van der Waals surface area contributed by atoms with Crippen molar-refractivity contribution in [2.75, 3.05) is 0 Å². The number of hydrogen-bond donors (Lipinski definition) is 0. The lowest BCUT2D eigenvalue weighted by molar-refractivity contribution is 0.908. The second-order valence-corrected chi connectivity index (χ2v) is 4.16. The Labute approximate surface area is 105 Å². The van der Waals surface area contributed by atoms with Crippen molar-refractivity contribution in [1.29, 1.82) is 0 Å². The summed E-state index contributed by atoms with van der Waals surface area (Å²) in [5.41, 5.74) is 2.75. The summed E-state index contributed by atoms with van der Waals surface area (Å²) in [5, 5.41) is 0. The van der Waals surface area contributed by atoms with Crippen LogP contribution in [0.3, 0.4) is 0 Å². The highest BCUT2D eigenvalue weighted by atomic mass is 15.1. The third-order valence-electron chi connectivity index (χ3n) is 2.88. The average molecular weight is 239 g/mol. The normalized spacial score (nSPS) is 10.8. The minimum absolute atomic E-state index is 0.860. The van der Waals surface area contributed by atoms with Gasteiger partial charge in [-0.2, -0.15) is 0 Å². The average Bonchev–Trinajstić information content (AvgIpc) is 2.98. The second-order valence-electron chi connectivity index (χ2n) is 4.16. The molecule has 3 rings (SSSR count). The van der Waals surface area contributed by atoms with Crippen molar-refractivity contribution in [3.05, 3.63) is 43.1 Å². The van der Waals surface area contributed by atoms with E-state index < -0.39 is 0 Å². The predicted molar refractivity (Wildman–Crippen MR) is 68.6 cm³/mol. The standard InChI is InChI=1S/C13H13N5/c1-17-7-6-15-13(17)11-5-3-4-10(16-11)12-8-14-9-18(12)2/h3-9H,1-2H3. The van der Waals surface area contributed by atoms with Gasteiger partial charge >= 0.3 is 0 Å². The molecule has 0 aliphatic heterocycles. The summed E-state index contributed by atoms with van der Waals surface area (Å²) in [6, 6.07) is 5.92. The molecular weight excluding hydrogens is 226 g/mol. The van der Waals surface area contributed by atoms with E-state index in [0.29, 0.717) is 0 Å². The molecule has 0 bridgehead atoms. The van der Waals surface area contributed by atoms with Gasteiger partial charge in [-0.15, -0.1) is 0 Å². The molecule has 3 aromatic heterocycles. The third-order valence-corrected chi connectivity index (χ3v) is 2.88. The minimum Gasteiger partial charge on any atom is -0.333 e. The Bertz CT molecular complexity index is 625. The number of aryl methyl sites for hydroxylation is 2. The first-order valence-corrected chi connectivity index (χ1v) is 5.67. The topological polar surface area (TPSA) is 48.5 Å². The lowest BCUT2D eigenvalue weighted by Gasteiger charge is -2.05. The van der Waals surface area contributed by atoms with Crippen LogP contribution in [0.25, 0.3) is 22.9 Å². The van der Waals surface area contributed by atoms with E-state index in [1.165, 1.54) is 0 Å². The van der Waals surface area contributed by atoms with E-state index in [1.807, 2.05) is 53.8 Å². The summed E-state index contributed by atoms with van der Waals surface area (Å²) < 4.78 is 3.90. The van der Waals surface area contributed by atoms with Gasteiger partial charge in [-0.3, -0.25) is 0 Å². The molecule has 0 saturated carbocycles. The molecule has 18 heavy (non-hydrogen) atoms. The number of hydrogen-bond acceptors (Lipinski definition) is 3. The summed E-state index contributed by atoms with van der Waals surface area (Å²) in [4.78, 5) is 13.1. The third kappa shape index (κ3) is 1.69. The van der Waals surface area contributed by atoms with Crippen LogP contribution < -0.4 is 0 Å². The largest absolute Gasteiger partial charge is 0.333 e. The highest BCUT2D eigenvalue weighted by molar-refractivity contribution is 5.59. The summed E-state index contributed by atoms with van der Waals surface area (Å²) in [5.74, 6) is 0.860. The fourth-order valence-electron chi connectivity index (χ4n) is 1.92. The monoisotopic (exact) mass is 239 g/mol. The molecule has 0 radical (unpaired) electrons. The van der Waals surface area contributed by atoms with E-state index in [4.69, 9.17) is 0 Å². The van der Waals surface area contributed by atoms with Crippen LogP contribution in [0.5, 0.6) is 0 Å². The fourth-order valence-corrected chi connectivity index (χ4v) is 1.92. The minimum atomic E-state index is 0.860. The van der Waals surface area contributed by atoms with Crippen LogP contribution >= 0.6 is 0 Å². The lowest BCUT2D eigenvalue weighted by Crippen LogP contribution is -1.97. The van der Waals surface area contributed by atoms with E-state index in [-0.39, 0.29) is 0 Å². The number of aromatic nitrogens is 5. The zero-order valence-electron chi connectivity index (χ0n) is 10.3. The number of nitrogens with zero attached hydrogens (tertiary/aromatic N) is 5. The van der Waals surface area contributed by atoms with Gasteiger partial charge in [0, 0.05) is 26.5 Å². The maximum Gasteiger partial charge on any atom is 0.158 e. The van der Waals surface area contributed by atoms with Gasteiger partial charge in [0.2, 0.25) is 0 Å². The quantitative estimate of drug-likeness (QED) is 0.686. The van der Waals surface area contributed by atoms with Crippen molar-refractivity contribution in [3.8, 4) is 22.9 Å². The molecule has 5 heteroatoms. The Balaban J connectivity index is 2.11. The van der Waals surface area contributed by atoms with Crippen molar-refractivity contribution in [3.63, 3.8) is 0 Å². The van der Waals surface area contributed by atoms with Crippen molar-refractivity contribution in [2.45, 2.75) is 0 Å². The molecular formula is C13H13N5. The fraction of sp³-hybridized carbons (Fsp3) is 0.154. The first-order chi connectivity index (χ1) is 8.75. The van der Waals surface area contributed by atoms with Gasteiger partial charge in [0.05, 0.1) is 23.9 Å². The Morgan fingerprint density at radius 3 is 2.56 bits per heavy atom. The lowest BCUT2D eigenvalue weighted by atomic mass is 10.2. The Morgan fingerprint density at radius 2 is 1.89 bits per heavy atom. The number of pyridine rings is 1. The molecule has 0 fully saturated rings. The van der Waals surface area contributed by atoms with Crippen molar-refractivity contribution in [2.24, 2.45) is 14.1 Å². The maximum absolute atomic E-state index is 4.64. The first kappa shape index (κ1) is 10.7. The smallest absolute Gasteiger partial charge is 0.158 e. The predicted octanol–water partition coefficient (Wildman–Crippen LogP) is 1.88. The van der Waals surface area contributed by atoms with Crippen molar-refractivity contribution in [1.82, 2.24) is 24.1 Å². The maximum atomic E-state index is 4.64. The SMILES string of the molecule is Cn1cncc1-c1cccc(-c2nccn2C)n1. The molecule has 0 spiro atoms. The molecule has 3 heterocycles. The Morgan fingerprint density at radius 1 is 1.06 bits per heavy atom. The van der Waals surface area contributed by atoms with Crippen LogP contribution in [0.4, 0.5) is 0 Å². The molecule has 0 saturated heterocycles. The zero-order valence-corrected chi connectivity index (χ0v) is 10.3. The van der Waals surface area contributed by atoms with Gasteiger partial charge in [0.1, 0.15) is 5.69 Å². The molecule has 0 unspecified atom stereocenters. The molecule has 0 amide bonds. The molecule has 0 atom stereocenters. The van der Waals surface area contributed by atoms with Gasteiger partial charge in [-0.05, 0) is 12.1 Å². The second kappa shape index (κ2) is 4.10. The molecule has 0 aromatic carbocycles. The van der Waals surface area contributed by atoms with E-state index in [1.54, 1.807) is 12.5 Å². The van der Waals surface area contributed by atoms with E-state index in [0.717, 1.165) is 22.9 Å². The molecule has 3 aromatic rings. The van der Waals surface area contributed by atoms with Crippen molar-refractivity contribution >= 4 is 0 Å².